The maximum absolute atomic E-state index is 5.28. The molecule has 15 heteroatoms. The molecule has 0 saturated carbocycles. The molecule has 702 valence electrons. The van der Waals surface area contributed by atoms with Crippen LogP contribution in [-0.4, -0.2) is 72.3 Å². The summed E-state index contributed by atoms with van der Waals surface area (Å²) < 4.78 is 14.0. The first-order valence-corrected chi connectivity index (χ1v) is 50.3. The Morgan fingerprint density at radius 1 is 0.120 bits per heavy atom. The lowest BCUT2D eigenvalue weighted by molar-refractivity contribution is 1.08. The van der Waals surface area contributed by atoms with Crippen molar-refractivity contribution in [3.05, 3.63) is 529 Å². The lowest BCUT2D eigenvalue weighted by Gasteiger charge is -2.13. The average Bonchev–Trinajstić information content (AvgIpc) is 1.59. The summed E-state index contributed by atoms with van der Waals surface area (Å²) in [6.45, 7) is 0. The van der Waals surface area contributed by atoms with E-state index in [9.17, 15) is 0 Å². The number of fused-ring (bicyclic) bond motifs is 18. The van der Waals surface area contributed by atoms with Gasteiger partial charge in [0.25, 0.3) is 0 Å². The molecule has 0 fully saturated rings. The van der Waals surface area contributed by atoms with E-state index in [2.05, 4.69) is 438 Å². The molecule has 0 aliphatic heterocycles. The highest BCUT2D eigenvalue weighted by atomic mass is 15.1. The molecule has 0 bridgehead atoms. The summed E-state index contributed by atoms with van der Waals surface area (Å²) in [5, 5.41) is 10.7. The number of para-hydroxylation sites is 6. The Hall–Kier alpha value is -20.6. The van der Waals surface area contributed by atoms with E-state index in [0.717, 1.165) is 201 Å². The summed E-state index contributed by atoms with van der Waals surface area (Å²) in [6, 6.07) is 171. The lowest BCUT2D eigenvalue weighted by atomic mass is 10.0. The average molecular weight is 1920 g/mol. The number of benzene rings is 15. The van der Waals surface area contributed by atoms with Gasteiger partial charge in [0.2, 0.25) is 0 Å². The summed E-state index contributed by atoms with van der Waals surface area (Å²) in [5.41, 5.74) is 40.0. The number of rotatable bonds is 15. The van der Waals surface area contributed by atoms with Gasteiger partial charge in [-0.3, -0.25) is 39.5 Å². The molecule has 0 aliphatic carbocycles. The highest BCUT2D eigenvalue weighted by Crippen LogP contribution is 2.46. The van der Waals surface area contributed by atoms with Gasteiger partial charge in [-0.1, -0.05) is 249 Å². The number of pyridine rings is 9. The van der Waals surface area contributed by atoms with Crippen molar-refractivity contribution in [1.29, 1.82) is 0 Å². The quantitative estimate of drug-likeness (QED) is 0.0979. The zero-order valence-corrected chi connectivity index (χ0v) is 80.9. The predicted octanol–water partition coefficient (Wildman–Crippen LogP) is 33.2. The first-order chi connectivity index (χ1) is 74.4. The van der Waals surface area contributed by atoms with Gasteiger partial charge in [0.1, 0.15) is 5.82 Å². The second-order valence-electron chi connectivity index (χ2n) is 37.6. The minimum absolute atomic E-state index is 0.779. The molecule has 0 amide bonds. The van der Waals surface area contributed by atoms with Crippen molar-refractivity contribution in [2.45, 2.75) is 0 Å². The first kappa shape index (κ1) is 87.3. The minimum atomic E-state index is 0.779. The summed E-state index contributed by atoms with van der Waals surface area (Å²) in [7, 11) is 0. The third-order valence-corrected chi connectivity index (χ3v) is 28.9. The molecule has 0 saturated heterocycles. The largest absolute Gasteiger partial charge is 0.309 e. The van der Waals surface area contributed by atoms with Gasteiger partial charge in [-0.2, -0.15) is 0 Å². The van der Waals surface area contributed by atoms with Gasteiger partial charge in [-0.15, -0.1) is 0 Å². The van der Waals surface area contributed by atoms with Crippen molar-refractivity contribution in [2.24, 2.45) is 0 Å². The summed E-state index contributed by atoms with van der Waals surface area (Å²) in [5.74, 6) is 0.861. The van der Waals surface area contributed by atoms with E-state index in [1.165, 1.54) is 65.4 Å². The van der Waals surface area contributed by atoms with E-state index >= 15 is 0 Å². The van der Waals surface area contributed by atoms with E-state index in [4.69, 9.17) is 34.9 Å². The van der Waals surface area contributed by atoms with Crippen molar-refractivity contribution in [3.8, 4) is 135 Å². The van der Waals surface area contributed by atoms with Crippen LogP contribution >= 0.6 is 0 Å². The van der Waals surface area contributed by atoms with E-state index in [1.807, 2.05) is 116 Å². The van der Waals surface area contributed by atoms with Crippen LogP contribution in [0.25, 0.3) is 267 Å². The van der Waals surface area contributed by atoms with Crippen LogP contribution in [0.4, 0.5) is 0 Å². The molecule has 30 aromatic rings. The van der Waals surface area contributed by atoms with Gasteiger partial charge in [0.15, 0.2) is 0 Å². The molecule has 150 heavy (non-hydrogen) atoms. The molecule has 0 aliphatic rings. The fraction of sp³-hybridized carbons (Fsp3) is 0. The normalized spacial score (nSPS) is 11.6. The summed E-state index contributed by atoms with van der Waals surface area (Å²) in [4.78, 5) is 43.7. The fourth-order valence-electron chi connectivity index (χ4n) is 22.1. The maximum atomic E-state index is 5.28. The fourth-order valence-corrected chi connectivity index (χ4v) is 22.1. The third kappa shape index (κ3) is 15.4. The second kappa shape index (κ2) is 37.0. The van der Waals surface area contributed by atoms with Crippen molar-refractivity contribution in [1.82, 2.24) is 72.3 Å². The first-order valence-electron chi connectivity index (χ1n) is 50.3. The molecule has 0 unspecified atom stereocenters. The van der Waals surface area contributed by atoms with Gasteiger partial charge in [-0.05, 0) is 281 Å². The second-order valence-corrected chi connectivity index (χ2v) is 37.6. The van der Waals surface area contributed by atoms with Crippen LogP contribution in [0, 0.1) is 0 Å². The van der Waals surface area contributed by atoms with Gasteiger partial charge >= 0.3 is 0 Å². The number of nitrogens with zero attached hydrogens (tertiary/aromatic N) is 15. The van der Waals surface area contributed by atoms with E-state index in [-0.39, 0.29) is 0 Å². The van der Waals surface area contributed by atoms with Crippen LogP contribution in [0.1, 0.15) is 0 Å². The Kier molecular flexibility index (Phi) is 21.5. The maximum Gasteiger partial charge on any atom is 0.138 e. The monoisotopic (exact) mass is 1920 g/mol. The smallest absolute Gasteiger partial charge is 0.138 e. The predicted molar refractivity (Wildman–Crippen MR) is 614 cm³/mol. The zero-order valence-electron chi connectivity index (χ0n) is 80.9. The molecule has 0 N–H and O–H groups in total. The van der Waals surface area contributed by atoms with Crippen molar-refractivity contribution in [2.75, 3.05) is 0 Å². The van der Waals surface area contributed by atoms with Gasteiger partial charge < -0.3 is 22.8 Å². The number of aromatic nitrogens is 15. The topological polar surface area (TPSA) is 146 Å². The Balaban J connectivity index is 0.000000108. The molecule has 15 aromatic carbocycles. The lowest BCUT2D eigenvalue weighted by Crippen LogP contribution is -2.00. The standard InChI is InChI=1S/C46H30N4.C45H29N5.C44H28N6/c1-4-13-31(14-5-1)35-28-40(32-15-6-2-7-16-32)48-45(30-35)50-42-25-23-33(27-39(42)46-43(50)21-12-26-47-46)34-22-24-38-37-19-10-11-20-41(37)49(44(38)29-34)36-17-8-3-9-18-36;1-2-11-34(12-3-1)49-41-16-5-4-13-36(41)37-20-18-31(29-44(37)49)30-19-21-42-38(28-30)45-43(17-10-24-48-45)50(42)35-26-32(39-14-6-8-22-46-39)25-33(27-35)40-15-7-9-23-47-40;1-2-11-31(12-3-1)49-40-16-5-4-13-33(40)34-20-18-30(26-43(34)49)29-19-21-41-35(25-29)44-42(17-10-24-47-44)50(41)32-27-38(36-14-6-8-22-45-36)48-39(28-32)37-15-7-9-23-46-37/h1-30H;1-29H;1-28H. The van der Waals surface area contributed by atoms with Crippen LogP contribution in [-0.2, 0) is 0 Å². The van der Waals surface area contributed by atoms with Gasteiger partial charge in [-0.25, -0.2) is 9.97 Å². The Labute approximate surface area is 861 Å². The Morgan fingerprint density at radius 3 is 0.800 bits per heavy atom. The summed E-state index contributed by atoms with van der Waals surface area (Å²) in [6.07, 6.45) is 12.9. The van der Waals surface area contributed by atoms with Crippen LogP contribution < -0.4 is 0 Å². The molecular weight excluding hydrogens is 1830 g/mol. The molecule has 15 aromatic heterocycles. The number of hydrogen-bond acceptors (Lipinski definition) is 9. The van der Waals surface area contributed by atoms with E-state index in [1.54, 1.807) is 12.4 Å². The Morgan fingerprint density at radius 2 is 0.413 bits per heavy atom. The van der Waals surface area contributed by atoms with Gasteiger partial charge in [0.05, 0.1) is 128 Å². The SMILES string of the molecule is c1ccc(-c2cc(-c3ccccc3)nc(-n3c4ccc(-c5ccc6c7ccccc7n(-c7ccccc7)c6c5)cc4c4ncccc43)c2)cc1.c1ccc(-n2c3ccccc3c3ccc(-c4ccc5c(c4)c4ncccc4n5-c4cc(-c5ccccn5)cc(-c5ccccn5)c4)cc32)cc1.c1ccc(-n2c3ccccc3c3ccc(-c4ccc5c(c4)c4ncccc4n5-c4cc(-c5ccccn5)nc(-c5ccccn5)c4)cc32)cc1. The molecule has 0 radical (unpaired) electrons. The minimum Gasteiger partial charge on any atom is -0.309 e. The van der Waals surface area contributed by atoms with Crippen LogP contribution in [0.5, 0.6) is 0 Å². The van der Waals surface area contributed by atoms with Crippen molar-refractivity contribution < 1.29 is 0 Å². The van der Waals surface area contributed by atoms with Crippen molar-refractivity contribution in [3.63, 3.8) is 0 Å². The number of hydrogen-bond donors (Lipinski definition) is 0. The van der Waals surface area contributed by atoms with Crippen LogP contribution in [0.15, 0.2) is 529 Å². The third-order valence-electron chi connectivity index (χ3n) is 28.9. The molecule has 0 spiro atoms. The highest BCUT2D eigenvalue weighted by molar-refractivity contribution is 6.16. The molecule has 15 nitrogen and oxygen atoms in total. The Bertz CT molecular complexity index is 9330. The van der Waals surface area contributed by atoms with Crippen LogP contribution in [0.2, 0.25) is 0 Å². The zero-order chi connectivity index (χ0) is 99.1. The molecule has 0 atom stereocenters. The molecule has 15 heterocycles. The highest BCUT2D eigenvalue weighted by Gasteiger charge is 2.26. The molecular formula is C135H87N15. The summed E-state index contributed by atoms with van der Waals surface area (Å²) >= 11 is 0. The molecule has 30 rings (SSSR count). The van der Waals surface area contributed by atoms with Gasteiger partial charge in [0, 0.05) is 131 Å². The van der Waals surface area contributed by atoms with E-state index < -0.39 is 0 Å². The van der Waals surface area contributed by atoms with E-state index in [0.29, 0.717) is 0 Å². The van der Waals surface area contributed by atoms with Crippen molar-refractivity contribution >= 4 is 131 Å². The van der Waals surface area contributed by atoms with Crippen LogP contribution in [0.3, 0.4) is 0 Å².